The number of carbonyl (C=O) groups is 4. The zero-order valence-electron chi connectivity index (χ0n) is 27.0. The molecule has 19 heteroatoms. The van der Waals surface area contributed by atoms with Crippen molar-refractivity contribution in [2.45, 2.75) is 106 Å². The van der Waals surface area contributed by atoms with E-state index in [0.29, 0.717) is 48.0 Å². The van der Waals surface area contributed by atoms with Gasteiger partial charge in [-0.2, -0.15) is 23.5 Å². The minimum Gasteiger partial charge on any atom is -0.480 e. The first-order valence-electron chi connectivity index (χ1n) is 16.6. The van der Waals surface area contributed by atoms with E-state index in [-0.39, 0.29) is 54.3 Å². The molecule has 270 valence electrons. The Morgan fingerprint density at radius 2 is 1.88 bits per heavy atom. The molecule has 0 aliphatic carbocycles. The van der Waals surface area contributed by atoms with Crippen LogP contribution in [0.4, 0.5) is 10.6 Å². The maximum Gasteiger partial charge on any atom is 0.326 e. The standard InChI is InChI=1S/C30H45N9O8S2/c31-26-23-27(34-14-33-26)39(15-35-23)28-25(43)24(42)18(47-28)13-48-11-9-16(29(44)45)36-21(41)8-2-1-5-10-32-20(40)7-4-3-6-19-22-17(12-49-19)37-30(46)38-22/h14-19,22,24-25,28,42-43H,1-13H2,(H,32,40)(H,36,41)(H,44,45)(H2,31,33,34)(H2,37,38,46)/t16-,17+,18+,19+,22+,24+,25+,28-/m0/s1. The number of aliphatic hydroxyl groups excluding tert-OH is 2. The molecular weight excluding hydrogens is 679 g/mol. The number of fused-ring (bicyclic) bond motifs is 2. The summed E-state index contributed by atoms with van der Waals surface area (Å²) in [5, 5.41) is 42.6. The molecule has 5 heterocycles. The second kappa shape index (κ2) is 17.5. The van der Waals surface area contributed by atoms with E-state index in [4.69, 9.17) is 10.5 Å². The van der Waals surface area contributed by atoms with E-state index in [2.05, 4.69) is 36.2 Å². The van der Waals surface area contributed by atoms with Crippen LogP contribution in [-0.4, -0.2) is 124 Å². The Balaban J connectivity index is 0.899. The largest absolute Gasteiger partial charge is 0.480 e. The summed E-state index contributed by atoms with van der Waals surface area (Å²) in [5.74, 6) is 0.289. The smallest absolute Gasteiger partial charge is 0.326 e. The number of unbranched alkanes of at least 4 members (excludes halogenated alkanes) is 3. The molecule has 0 saturated carbocycles. The van der Waals surface area contributed by atoms with E-state index in [0.717, 1.165) is 31.4 Å². The van der Waals surface area contributed by atoms with Gasteiger partial charge >= 0.3 is 12.0 Å². The zero-order chi connectivity index (χ0) is 34.9. The van der Waals surface area contributed by atoms with Crippen molar-refractivity contribution < 1.29 is 39.2 Å². The molecule has 49 heavy (non-hydrogen) atoms. The molecule has 0 radical (unpaired) electrons. The van der Waals surface area contributed by atoms with E-state index in [1.54, 1.807) is 0 Å². The SMILES string of the molecule is Nc1ncnc2c1ncn2[C@H]1O[C@H](CSCC[C@H](NC(=O)CCCCCNC(=O)CCCC[C@H]2SC[C@H]3NC(=O)N[C@H]32)C(=O)O)[C@@H](O)[C@H]1O. The number of imidazole rings is 1. The van der Waals surface area contributed by atoms with Gasteiger partial charge in [-0.3, -0.25) is 14.2 Å². The van der Waals surface area contributed by atoms with Crippen molar-refractivity contribution in [3.8, 4) is 0 Å². The number of nitrogens with one attached hydrogen (secondary N) is 4. The molecule has 2 aromatic heterocycles. The minimum absolute atomic E-state index is 0.00481. The number of aliphatic carboxylic acids is 1. The van der Waals surface area contributed by atoms with Gasteiger partial charge < -0.3 is 47.1 Å². The second-order valence-corrected chi connectivity index (χ2v) is 14.9. The van der Waals surface area contributed by atoms with Gasteiger partial charge in [-0.1, -0.05) is 12.8 Å². The number of hydrogen-bond acceptors (Lipinski definition) is 13. The van der Waals surface area contributed by atoms with Crippen molar-refractivity contribution in [3.05, 3.63) is 12.7 Å². The monoisotopic (exact) mass is 723 g/mol. The summed E-state index contributed by atoms with van der Waals surface area (Å²) in [5.41, 5.74) is 6.55. The van der Waals surface area contributed by atoms with Crippen LogP contribution < -0.4 is 27.0 Å². The average molecular weight is 724 g/mol. The second-order valence-electron chi connectivity index (χ2n) is 12.5. The lowest BCUT2D eigenvalue weighted by Crippen LogP contribution is -2.41. The van der Waals surface area contributed by atoms with Crippen molar-refractivity contribution in [1.29, 1.82) is 0 Å². The molecule has 3 fully saturated rings. The molecule has 17 nitrogen and oxygen atoms in total. The van der Waals surface area contributed by atoms with Gasteiger partial charge in [0, 0.05) is 36.1 Å². The first kappa shape index (κ1) is 36.9. The molecule has 5 rings (SSSR count). The van der Waals surface area contributed by atoms with Gasteiger partial charge in [0.15, 0.2) is 17.7 Å². The van der Waals surface area contributed by atoms with Crippen LogP contribution >= 0.6 is 23.5 Å². The molecule has 3 aliphatic rings. The Morgan fingerprint density at radius 1 is 1.08 bits per heavy atom. The number of amides is 4. The van der Waals surface area contributed by atoms with Crippen LogP contribution in [0, 0.1) is 0 Å². The van der Waals surface area contributed by atoms with Crippen molar-refractivity contribution in [1.82, 2.24) is 40.8 Å². The number of urea groups is 1. The van der Waals surface area contributed by atoms with E-state index in [9.17, 15) is 34.5 Å². The number of nitrogens with two attached hydrogens (primary N) is 1. The molecule has 0 bridgehead atoms. The summed E-state index contributed by atoms with van der Waals surface area (Å²) >= 11 is 3.22. The van der Waals surface area contributed by atoms with Crippen LogP contribution in [0.3, 0.4) is 0 Å². The van der Waals surface area contributed by atoms with Gasteiger partial charge in [-0.05, 0) is 37.9 Å². The normalized spacial score (nSPS) is 26.7. The van der Waals surface area contributed by atoms with Gasteiger partial charge in [0.25, 0.3) is 0 Å². The first-order chi connectivity index (χ1) is 23.6. The molecule has 3 saturated heterocycles. The molecular formula is C30H45N9O8S2. The minimum atomic E-state index is -1.25. The summed E-state index contributed by atoms with van der Waals surface area (Å²) in [4.78, 5) is 60.1. The lowest BCUT2D eigenvalue weighted by atomic mass is 10.0. The third kappa shape index (κ3) is 9.65. The van der Waals surface area contributed by atoms with E-state index < -0.39 is 36.6 Å². The number of carboxylic acid groups (broad SMARTS) is 1. The Labute approximate surface area is 291 Å². The number of anilines is 1. The van der Waals surface area contributed by atoms with Crippen molar-refractivity contribution in [2.75, 3.05) is 29.5 Å². The quantitative estimate of drug-likeness (QED) is 0.0708. The Hall–Kier alpha value is -3.39. The van der Waals surface area contributed by atoms with Crippen LogP contribution in [0.25, 0.3) is 11.2 Å². The highest BCUT2D eigenvalue weighted by Gasteiger charge is 2.44. The number of nitrogens with zero attached hydrogens (tertiary/aromatic N) is 4. The summed E-state index contributed by atoms with van der Waals surface area (Å²) in [6, 6.07) is -0.759. The maximum atomic E-state index is 12.4. The van der Waals surface area contributed by atoms with Crippen LogP contribution in [-0.2, 0) is 19.1 Å². The van der Waals surface area contributed by atoms with Gasteiger partial charge in [0.2, 0.25) is 11.8 Å². The lowest BCUT2D eigenvalue weighted by Gasteiger charge is -2.17. The van der Waals surface area contributed by atoms with E-state index in [1.807, 2.05) is 11.8 Å². The van der Waals surface area contributed by atoms with Gasteiger partial charge in [0.05, 0.1) is 24.5 Å². The highest BCUT2D eigenvalue weighted by atomic mass is 32.2. The molecule has 0 unspecified atom stereocenters. The van der Waals surface area contributed by atoms with E-state index in [1.165, 1.54) is 29.0 Å². The number of nitrogen functional groups attached to an aromatic ring is 1. The molecule has 3 aliphatic heterocycles. The highest BCUT2D eigenvalue weighted by Crippen LogP contribution is 2.34. The van der Waals surface area contributed by atoms with Crippen LogP contribution in [0.5, 0.6) is 0 Å². The number of aliphatic hydroxyl groups is 2. The maximum absolute atomic E-state index is 12.4. The van der Waals surface area contributed by atoms with Crippen molar-refractivity contribution in [2.24, 2.45) is 0 Å². The molecule has 9 N–H and O–H groups in total. The summed E-state index contributed by atoms with van der Waals surface area (Å²) in [7, 11) is 0. The molecule has 4 amide bonds. The third-order valence-corrected chi connectivity index (χ3v) is 11.5. The number of rotatable bonds is 19. The Bertz CT molecular complexity index is 1470. The molecule has 8 atom stereocenters. The van der Waals surface area contributed by atoms with Gasteiger partial charge in [0.1, 0.15) is 30.1 Å². The summed E-state index contributed by atoms with van der Waals surface area (Å²) < 4.78 is 7.40. The summed E-state index contributed by atoms with van der Waals surface area (Å²) in [6.07, 6.45) is 4.09. The predicted octanol–water partition coefficient (Wildman–Crippen LogP) is 0.123. The van der Waals surface area contributed by atoms with Gasteiger partial charge in [-0.25, -0.2) is 24.5 Å². The Morgan fingerprint density at radius 3 is 2.69 bits per heavy atom. The van der Waals surface area contributed by atoms with Crippen molar-refractivity contribution >= 4 is 64.3 Å². The molecule has 0 spiro atoms. The van der Waals surface area contributed by atoms with Gasteiger partial charge in [-0.15, -0.1) is 0 Å². The zero-order valence-corrected chi connectivity index (χ0v) is 28.7. The Kier molecular flexibility index (Phi) is 13.2. The number of ether oxygens (including phenoxy) is 1. The highest BCUT2D eigenvalue weighted by molar-refractivity contribution is 8.00. The number of aromatic nitrogens is 4. The average Bonchev–Trinajstić information content (AvgIpc) is 3.83. The topological polar surface area (TPSA) is 256 Å². The number of carboxylic acids is 1. The van der Waals surface area contributed by atoms with E-state index >= 15 is 0 Å². The number of carbonyl (C=O) groups excluding carboxylic acids is 3. The van der Waals surface area contributed by atoms with Crippen molar-refractivity contribution in [3.63, 3.8) is 0 Å². The molecule has 2 aromatic rings. The third-order valence-electron chi connectivity index (χ3n) is 8.95. The number of thioether (sulfide) groups is 2. The summed E-state index contributed by atoms with van der Waals surface area (Å²) in [6.45, 7) is 0.522. The fourth-order valence-electron chi connectivity index (χ4n) is 6.26. The fourth-order valence-corrected chi connectivity index (χ4v) is 8.88. The van der Waals surface area contributed by atoms with Crippen LogP contribution in [0.15, 0.2) is 12.7 Å². The van der Waals surface area contributed by atoms with Crippen LogP contribution in [0.2, 0.25) is 0 Å². The predicted molar refractivity (Wildman–Crippen MR) is 183 cm³/mol. The fraction of sp³-hybridized carbons (Fsp3) is 0.700. The number of hydrogen-bond donors (Lipinski definition) is 8. The lowest BCUT2D eigenvalue weighted by molar-refractivity contribution is -0.141. The first-order valence-corrected chi connectivity index (χ1v) is 18.8. The van der Waals surface area contributed by atoms with Crippen LogP contribution in [0.1, 0.15) is 64.0 Å². The molecule has 0 aromatic carbocycles.